The molecule has 0 aromatic heterocycles. The Kier molecular flexibility index (Phi) is 10.9. The number of amides is 2. The van der Waals surface area contributed by atoms with Gasteiger partial charge in [-0.2, -0.15) is 0 Å². The van der Waals surface area contributed by atoms with E-state index >= 15 is 0 Å². The van der Waals surface area contributed by atoms with Gasteiger partial charge in [-0.1, -0.05) is 82.8 Å². The summed E-state index contributed by atoms with van der Waals surface area (Å²) in [4.78, 5) is 28.6. The highest BCUT2D eigenvalue weighted by Crippen LogP contribution is 2.31. The fourth-order valence-corrected chi connectivity index (χ4v) is 5.70. The van der Waals surface area contributed by atoms with Gasteiger partial charge < -0.3 is 10.2 Å². The van der Waals surface area contributed by atoms with Crippen LogP contribution in [0.5, 0.6) is 0 Å². The van der Waals surface area contributed by atoms with Crippen molar-refractivity contribution in [3.63, 3.8) is 0 Å². The minimum atomic E-state index is -3.96. The Morgan fingerprint density at radius 3 is 2.15 bits per heavy atom. The van der Waals surface area contributed by atoms with Crippen LogP contribution in [0, 0.1) is 0 Å². The summed E-state index contributed by atoms with van der Waals surface area (Å²) < 4.78 is 26.5. The van der Waals surface area contributed by atoms with Gasteiger partial charge >= 0.3 is 0 Å². The van der Waals surface area contributed by atoms with Crippen LogP contribution >= 0.6 is 46.4 Å². The van der Waals surface area contributed by atoms with Crippen molar-refractivity contribution < 1.29 is 18.0 Å². The van der Waals surface area contributed by atoms with Crippen LogP contribution in [0.4, 0.5) is 5.69 Å². The third kappa shape index (κ3) is 8.50. The smallest absolute Gasteiger partial charge is 0.244 e. The molecule has 3 rings (SSSR count). The lowest BCUT2D eigenvalue weighted by Crippen LogP contribution is -2.53. The van der Waals surface area contributed by atoms with Crippen molar-refractivity contribution >= 4 is 73.9 Å². The molecule has 1 N–H and O–H groups in total. The van der Waals surface area contributed by atoms with Gasteiger partial charge in [0.15, 0.2) is 0 Å². The normalized spacial score (nSPS) is 12.1. The van der Waals surface area contributed by atoms with Crippen LogP contribution in [-0.2, 0) is 32.6 Å². The molecule has 1 unspecified atom stereocenters. The van der Waals surface area contributed by atoms with Gasteiger partial charge in [0.05, 0.1) is 27.0 Å². The van der Waals surface area contributed by atoms with E-state index in [-0.39, 0.29) is 34.6 Å². The Morgan fingerprint density at radius 1 is 0.872 bits per heavy atom. The fraction of sp³-hybridized carbons (Fsp3) is 0.259. The van der Waals surface area contributed by atoms with Crippen molar-refractivity contribution in [2.75, 3.05) is 23.7 Å². The molecule has 3 aromatic carbocycles. The molecule has 0 aliphatic rings. The summed E-state index contributed by atoms with van der Waals surface area (Å²) in [7, 11) is -3.96. The van der Waals surface area contributed by atoms with Gasteiger partial charge in [0.1, 0.15) is 12.6 Å². The maximum Gasteiger partial charge on any atom is 0.244 e. The van der Waals surface area contributed by atoms with Crippen molar-refractivity contribution in [1.29, 1.82) is 0 Å². The van der Waals surface area contributed by atoms with E-state index < -0.39 is 28.5 Å². The van der Waals surface area contributed by atoms with Crippen LogP contribution in [-0.4, -0.2) is 50.5 Å². The Hall–Kier alpha value is -2.49. The van der Waals surface area contributed by atoms with E-state index in [1.807, 2.05) is 30.3 Å². The number of carbonyl (C=O) groups is 2. The zero-order valence-corrected chi connectivity index (χ0v) is 25.0. The first kappa shape index (κ1) is 31.0. The van der Waals surface area contributed by atoms with Crippen LogP contribution < -0.4 is 9.62 Å². The molecule has 0 spiro atoms. The van der Waals surface area contributed by atoms with Crippen molar-refractivity contribution in [2.45, 2.75) is 25.9 Å². The van der Waals surface area contributed by atoms with Crippen LogP contribution in [0.25, 0.3) is 0 Å². The Bertz CT molecular complexity index is 1440. The minimum Gasteiger partial charge on any atom is -0.355 e. The average molecular weight is 631 g/mol. The first-order valence-corrected chi connectivity index (χ1v) is 15.2. The highest BCUT2D eigenvalue weighted by Gasteiger charge is 2.33. The molecular weight excluding hydrogens is 604 g/mol. The number of halogens is 4. The number of likely N-dealkylation sites (N-methyl/N-ethyl adjacent to an activating group) is 1. The number of benzene rings is 3. The minimum absolute atomic E-state index is 0.0314. The van der Waals surface area contributed by atoms with Crippen molar-refractivity contribution in [3.8, 4) is 0 Å². The molecule has 12 heteroatoms. The third-order valence-corrected chi connectivity index (χ3v) is 8.22. The predicted octanol–water partition coefficient (Wildman–Crippen LogP) is 5.84. The third-order valence-electron chi connectivity index (χ3n) is 5.82. The molecule has 0 aliphatic heterocycles. The lowest BCUT2D eigenvalue weighted by atomic mass is 10.0. The van der Waals surface area contributed by atoms with Gasteiger partial charge in [-0.05, 0) is 48.4 Å². The van der Waals surface area contributed by atoms with Gasteiger partial charge in [-0.3, -0.25) is 13.9 Å². The summed E-state index contributed by atoms with van der Waals surface area (Å²) in [6.45, 7) is 1.48. The van der Waals surface area contributed by atoms with Crippen LogP contribution in [0.1, 0.15) is 18.1 Å². The number of carbonyl (C=O) groups excluding carboxylic acids is 2. The second-order valence-electron chi connectivity index (χ2n) is 8.74. The van der Waals surface area contributed by atoms with Crippen LogP contribution in [0.15, 0.2) is 66.7 Å². The number of hydrogen-bond donors (Lipinski definition) is 1. The molecule has 1 atom stereocenters. The maximum absolute atomic E-state index is 14.0. The zero-order chi connectivity index (χ0) is 28.7. The molecule has 0 fully saturated rings. The molecule has 0 saturated carbocycles. The standard InChI is InChI=1S/C27H27Cl4N3O4S/c1-3-32-27(36)25(14-18-7-5-4-6-8-18)33(16-19-9-11-21(29)22(30)13-19)26(35)17-34(39(2,37)38)24-12-10-20(28)15-23(24)31/h4-13,15,25H,3,14,16-17H2,1-2H3,(H,32,36). The molecule has 0 radical (unpaired) electrons. The molecular formula is C27H27Cl4N3O4S. The molecule has 0 saturated heterocycles. The summed E-state index contributed by atoms with van der Waals surface area (Å²) in [6, 6.07) is 17.4. The van der Waals surface area contributed by atoms with E-state index in [9.17, 15) is 18.0 Å². The first-order valence-electron chi connectivity index (χ1n) is 11.9. The van der Waals surface area contributed by atoms with Gasteiger partial charge in [-0.15, -0.1) is 0 Å². The largest absolute Gasteiger partial charge is 0.355 e. The van der Waals surface area contributed by atoms with Gasteiger partial charge in [0.25, 0.3) is 0 Å². The molecule has 0 heterocycles. The highest BCUT2D eigenvalue weighted by molar-refractivity contribution is 7.92. The monoisotopic (exact) mass is 629 g/mol. The molecule has 0 bridgehead atoms. The van der Waals surface area contributed by atoms with Crippen molar-refractivity contribution in [1.82, 2.24) is 10.2 Å². The molecule has 208 valence electrons. The van der Waals surface area contributed by atoms with Gasteiger partial charge in [-0.25, -0.2) is 8.42 Å². The number of nitrogens with one attached hydrogen (secondary N) is 1. The number of sulfonamides is 1. The quantitative estimate of drug-likeness (QED) is 0.288. The lowest BCUT2D eigenvalue weighted by Gasteiger charge is -2.33. The number of nitrogens with zero attached hydrogens (tertiary/aromatic N) is 2. The lowest BCUT2D eigenvalue weighted by molar-refractivity contribution is -0.140. The molecule has 3 aromatic rings. The zero-order valence-electron chi connectivity index (χ0n) is 21.2. The summed E-state index contributed by atoms with van der Waals surface area (Å²) in [5.74, 6) is -1.00. The molecule has 7 nitrogen and oxygen atoms in total. The summed E-state index contributed by atoms with van der Waals surface area (Å²) in [6.07, 6.45) is 1.17. The van der Waals surface area contributed by atoms with E-state index in [1.165, 1.54) is 23.1 Å². The van der Waals surface area contributed by atoms with Crippen molar-refractivity contribution in [3.05, 3.63) is 97.9 Å². The number of hydrogen-bond acceptors (Lipinski definition) is 4. The Morgan fingerprint density at radius 2 is 1.56 bits per heavy atom. The molecule has 0 aliphatic carbocycles. The average Bonchev–Trinajstić information content (AvgIpc) is 2.87. The van der Waals surface area contributed by atoms with E-state index in [0.29, 0.717) is 22.2 Å². The summed E-state index contributed by atoms with van der Waals surface area (Å²) >= 11 is 24.6. The van der Waals surface area contributed by atoms with Crippen molar-refractivity contribution in [2.24, 2.45) is 0 Å². The SMILES string of the molecule is CCNC(=O)C(Cc1ccccc1)N(Cc1ccc(Cl)c(Cl)c1)C(=O)CN(c1ccc(Cl)cc1Cl)S(C)(=O)=O. The van der Waals surface area contributed by atoms with E-state index in [2.05, 4.69) is 5.32 Å². The predicted molar refractivity (Wildman–Crippen MR) is 158 cm³/mol. The molecule has 2 amide bonds. The van der Waals surface area contributed by atoms with Gasteiger partial charge in [0.2, 0.25) is 21.8 Å². The van der Waals surface area contributed by atoms with Crippen LogP contribution in [0.2, 0.25) is 20.1 Å². The summed E-state index contributed by atoms with van der Waals surface area (Å²) in [5, 5.41) is 3.78. The summed E-state index contributed by atoms with van der Waals surface area (Å²) in [5.41, 5.74) is 1.51. The second-order valence-corrected chi connectivity index (χ2v) is 12.3. The van der Waals surface area contributed by atoms with Gasteiger partial charge in [0, 0.05) is 24.5 Å². The second kappa shape index (κ2) is 13.7. The van der Waals surface area contributed by atoms with E-state index in [1.54, 1.807) is 25.1 Å². The van der Waals surface area contributed by atoms with E-state index in [4.69, 9.17) is 46.4 Å². The van der Waals surface area contributed by atoms with E-state index in [0.717, 1.165) is 16.1 Å². The topological polar surface area (TPSA) is 86.8 Å². The maximum atomic E-state index is 14.0. The Balaban J connectivity index is 2.07. The number of rotatable bonds is 11. The van der Waals surface area contributed by atoms with Crippen LogP contribution in [0.3, 0.4) is 0 Å². The first-order chi connectivity index (χ1) is 18.4. The highest BCUT2D eigenvalue weighted by atomic mass is 35.5. The number of anilines is 1. The Labute approximate surface area is 248 Å². The fourth-order valence-electron chi connectivity index (χ4n) is 3.96. The molecule has 39 heavy (non-hydrogen) atoms.